The van der Waals surface area contributed by atoms with E-state index in [1.54, 1.807) is 36.9 Å². The molecule has 0 fully saturated rings. The molecule has 0 aliphatic carbocycles. The van der Waals surface area contributed by atoms with Gasteiger partial charge in [0, 0.05) is 25.8 Å². The van der Waals surface area contributed by atoms with Crippen molar-refractivity contribution in [3.05, 3.63) is 51.8 Å². The molecule has 0 unspecified atom stereocenters. The minimum atomic E-state index is -0.0757. The fourth-order valence-corrected chi connectivity index (χ4v) is 2.02. The van der Waals surface area contributed by atoms with Crippen LogP contribution in [0.3, 0.4) is 0 Å². The van der Waals surface area contributed by atoms with E-state index in [1.807, 2.05) is 12.1 Å². The van der Waals surface area contributed by atoms with Crippen LogP contribution in [0.5, 0.6) is 5.75 Å². The van der Waals surface area contributed by atoms with Gasteiger partial charge in [0.2, 0.25) is 0 Å². The summed E-state index contributed by atoms with van der Waals surface area (Å²) >= 11 is 6.23. The molecule has 4 nitrogen and oxygen atoms in total. The summed E-state index contributed by atoms with van der Waals surface area (Å²) in [5.41, 5.74) is 1.47. The van der Waals surface area contributed by atoms with Gasteiger partial charge in [0.05, 0.1) is 10.7 Å². The zero-order chi connectivity index (χ0) is 13.8. The Labute approximate surface area is 116 Å². The summed E-state index contributed by atoms with van der Waals surface area (Å²) < 4.78 is 11.7. The van der Waals surface area contributed by atoms with Crippen molar-refractivity contribution >= 4 is 11.6 Å². The number of methoxy groups -OCH3 is 1. The second-order valence-corrected chi connectivity index (χ2v) is 4.41. The van der Waals surface area contributed by atoms with Crippen LogP contribution in [0.15, 0.2) is 41.2 Å². The van der Waals surface area contributed by atoms with Gasteiger partial charge in [-0.1, -0.05) is 17.7 Å². The minimum absolute atomic E-state index is 0.0757. The van der Waals surface area contributed by atoms with Crippen molar-refractivity contribution in [2.24, 2.45) is 7.05 Å². The molecule has 0 spiro atoms. The molecule has 1 aromatic carbocycles. The van der Waals surface area contributed by atoms with Crippen molar-refractivity contribution < 1.29 is 9.47 Å². The predicted molar refractivity (Wildman–Crippen MR) is 74.6 cm³/mol. The molecule has 0 amide bonds. The highest BCUT2D eigenvalue weighted by Gasteiger charge is 2.08. The highest BCUT2D eigenvalue weighted by Crippen LogP contribution is 2.30. The monoisotopic (exact) mass is 279 g/mol. The van der Waals surface area contributed by atoms with Crippen molar-refractivity contribution in [2.45, 2.75) is 0 Å². The zero-order valence-corrected chi connectivity index (χ0v) is 11.5. The van der Waals surface area contributed by atoms with E-state index in [2.05, 4.69) is 0 Å². The molecule has 0 bridgehead atoms. The second-order valence-electron chi connectivity index (χ2n) is 4.00. The molecule has 0 saturated heterocycles. The molecule has 1 aromatic heterocycles. The first-order valence-electron chi connectivity index (χ1n) is 5.71. The summed E-state index contributed by atoms with van der Waals surface area (Å²) in [6, 6.07) is 10.4. The number of benzene rings is 1. The summed E-state index contributed by atoms with van der Waals surface area (Å²) in [5, 5.41) is 0.523. The fourth-order valence-electron chi connectivity index (χ4n) is 1.75. The average molecular weight is 280 g/mol. The predicted octanol–water partition coefficient (Wildman–Crippen LogP) is 2.69. The first-order valence-corrected chi connectivity index (χ1v) is 6.09. The standard InChI is InChI=1S/C14H14ClNO3/c1-16-13(4-3-5-14(16)17)11-7-6-10(8-12(11)15)19-9-18-2/h3-8H,9H2,1-2H3. The number of pyridine rings is 1. The number of aromatic nitrogens is 1. The molecule has 2 rings (SSSR count). The highest BCUT2D eigenvalue weighted by molar-refractivity contribution is 6.33. The van der Waals surface area contributed by atoms with Crippen molar-refractivity contribution in [3.63, 3.8) is 0 Å². The first-order chi connectivity index (χ1) is 9.13. The Morgan fingerprint density at radius 1 is 1.26 bits per heavy atom. The van der Waals surface area contributed by atoms with Gasteiger partial charge >= 0.3 is 0 Å². The van der Waals surface area contributed by atoms with Crippen LogP contribution in [0.2, 0.25) is 5.02 Å². The normalized spacial score (nSPS) is 10.5. The quantitative estimate of drug-likeness (QED) is 0.808. The summed E-state index contributed by atoms with van der Waals surface area (Å²) in [7, 11) is 3.26. The molecule has 0 saturated carbocycles. The number of hydrogen-bond donors (Lipinski definition) is 0. The highest BCUT2D eigenvalue weighted by atomic mass is 35.5. The molecule has 1 heterocycles. The van der Waals surface area contributed by atoms with Crippen molar-refractivity contribution in [2.75, 3.05) is 13.9 Å². The molecule has 2 aromatic rings. The fraction of sp³-hybridized carbons (Fsp3) is 0.214. The van der Waals surface area contributed by atoms with Crippen molar-refractivity contribution in [1.29, 1.82) is 0 Å². The molecule has 0 radical (unpaired) electrons. The maximum Gasteiger partial charge on any atom is 0.250 e. The van der Waals surface area contributed by atoms with Crippen LogP contribution in [0.1, 0.15) is 0 Å². The lowest BCUT2D eigenvalue weighted by atomic mass is 10.1. The van der Waals surface area contributed by atoms with Gasteiger partial charge in [-0.15, -0.1) is 0 Å². The van der Waals surface area contributed by atoms with Crippen LogP contribution in [-0.4, -0.2) is 18.5 Å². The molecule has 0 atom stereocenters. The van der Waals surface area contributed by atoms with Crippen molar-refractivity contribution in [1.82, 2.24) is 4.57 Å². The van der Waals surface area contributed by atoms with Crippen LogP contribution in [0.25, 0.3) is 11.3 Å². The van der Waals surface area contributed by atoms with Crippen molar-refractivity contribution in [3.8, 4) is 17.0 Å². The van der Waals surface area contributed by atoms with E-state index in [0.29, 0.717) is 10.8 Å². The molecule has 0 aliphatic heterocycles. The van der Waals surface area contributed by atoms with Crippen LogP contribution in [0, 0.1) is 0 Å². The third-order valence-corrected chi connectivity index (χ3v) is 3.06. The third kappa shape index (κ3) is 2.97. The summed E-state index contributed by atoms with van der Waals surface area (Å²) in [5.74, 6) is 0.622. The topological polar surface area (TPSA) is 40.5 Å². The first kappa shape index (κ1) is 13.6. The number of rotatable bonds is 4. The number of ether oxygens (including phenoxy) is 2. The SMILES string of the molecule is COCOc1ccc(-c2cccc(=O)n2C)c(Cl)c1. The lowest BCUT2D eigenvalue weighted by Gasteiger charge is -2.11. The van der Waals surface area contributed by atoms with Gasteiger partial charge < -0.3 is 14.0 Å². The lowest BCUT2D eigenvalue weighted by Crippen LogP contribution is -2.16. The molecule has 0 N–H and O–H groups in total. The number of halogens is 1. The Morgan fingerprint density at radius 3 is 2.74 bits per heavy atom. The molecule has 100 valence electrons. The Morgan fingerprint density at radius 2 is 2.05 bits per heavy atom. The van der Waals surface area contributed by atoms with Gasteiger partial charge in [0.25, 0.3) is 5.56 Å². The van der Waals surface area contributed by atoms with Crippen LogP contribution < -0.4 is 10.3 Å². The van der Waals surface area contributed by atoms with E-state index in [-0.39, 0.29) is 12.4 Å². The average Bonchev–Trinajstić information content (AvgIpc) is 2.40. The van der Waals surface area contributed by atoms with Gasteiger partial charge in [-0.05, 0) is 24.3 Å². The van der Waals surface area contributed by atoms with Gasteiger partial charge in [0.1, 0.15) is 5.75 Å². The lowest BCUT2D eigenvalue weighted by molar-refractivity contribution is 0.0511. The van der Waals surface area contributed by atoms with Crippen LogP contribution >= 0.6 is 11.6 Å². The largest absolute Gasteiger partial charge is 0.468 e. The van der Waals surface area contributed by atoms with Crippen LogP contribution in [0.4, 0.5) is 0 Å². The molecule has 19 heavy (non-hydrogen) atoms. The van der Waals surface area contributed by atoms with Crippen LogP contribution in [-0.2, 0) is 11.8 Å². The summed E-state index contributed by atoms with van der Waals surface area (Å²) in [6.45, 7) is 0.166. The van der Waals surface area contributed by atoms with E-state index in [4.69, 9.17) is 21.1 Å². The van der Waals surface area contributed by atoms with Gasteiger partial charge in [-0.3, -0.25) is 4.79 Å². The number of hydrogen-bond acceptors (Lipinski definition) is 3. The van der Waals surface area contributed by atoms with E-state index in [9.17, 15) is 4.79 Å². The van der Waals surface area contributed by atoms with Gasteiger partial charge in [-0.25, -0.2) is 0 Å². The second kappa shape index (κ2) is 5.91. The van der Waals surface area contributed by atoms with E-state index < -0.39 is 0 Å². The Bertz CT molecular complexity index is 637. The van der Waals surface area contributed by atoms with Gasteiger partial charge in [0.15, 0.2) is 6.79 Å². The molecule has 0 aliphatic rings. The molecular formula is C14H14ClNO3. The zero-order valence-electron chi connectivity index (χ0n) is 10.7. The molecule has 5 heteroatoms. The van der Waals surface area contributed by atoms with E-state index in [1.165, 1.54) is 6.07 Å². The van der Waals surface area contributed by atoms with E-state index in [0.717, 1.165) is 11.3 Å². The Balaban J connectivity index is 2.41. The summed E-state index contributed by atoms with van der Waals surface area (Å²) in [6.07, 6.45) is 0. The third-order valence-electron chi connectivity index (χ3n) is 2.74. The maximum absolute atomic E-state index is 11.6. The van der Waals surface area contributed by atoms with Gasteiger partial charge in [-0.2, -0.15) is 0 Å². The summed E-state index contributed by atoms with van der Waals surface area (Å²) in [4.78, 5) is 11.6. The Hall–Kier alpha value is -1.78. The molecular weight excluding hydrogens is 266 g/mol. The number of nitrogens with zero attached hydrogens (tertiary/aromatic N) is 1. The maximum atomic E-state index is 11.6. The smallest absolute Gasteiger partial charge is 0.250 e. The minimum Gasteiger partial charge on any atom is -0.468 e. The Kier molecular flexibility index (Phi) is 4.24. The van der Waals surface area contributed by atoms with E-state index >= 15 is 0 Å².